The van der Waals surface area contributed by atoms with Crippen LogP contribution in [0.2, 0.25) is 0 Å². The first kappa shape index (κ1) is 12.7. The molecule has 1 unspecified atom stereocenters. The first-order chi connectivity index (χ1) is 9.35. The smallest absolute Gasteiger partial charge is 0.134 e. The van der Waals surface area contributed by atoms with Crippen LogP contribution in [0.4, 0.5) is 0 Å². The molecule has 1 N–H and O–H groups in total. The van der Waals surface area contributed by atoms with Crippen molar-refractivity contribution in [1.82, 2.24) is 10.2 Å². The van der Waals surface area contributed by atoms with Gasteiger partial charge in [0.05, 0.1) is 6.54 Å². The van der Waals surface area contributed by atoms with Gasteiger partial charge in [0, 0.05) is 11.9 Å². The number of hydrogen-bond donors (Lipinski definition) is 1. The monoisotopic (exact) mass is 258 g/mol. The van der Waals surface area contributed by atoms with Gasteiger partial charge in [-0.2, -0.15) is 0 Å². The van der Waals surface area contributed by atoms with Crippen molar-refractivity contribution in [2.24, 2.45) is 5.92 Å². The van der Waals surface area contributed by atoms with Gasteiger partial charge in [0.2, 0.25) is 0 Å². The van der Waals surface area contributed by atoms with E-state index in [9.17, 15) is 0 Å². The van der Waals surface area contributed by atoms with E-state index in [4.69, 9.17) is 4.42 Å². The lowest BCUT2D eigenvalue weighted by molar-refractivity contribution is 0.157. The molecule has 1 aromatic heterocycles. The fraction of sp³-hybridized carbons (Fsp3) is 0.500. The Kier molecular flexibility index (Phi) is 3.85. The van der Waals surface area contributed by atoms with Gasteiger partial charge in [0.25, 0.3) is 0 Å². The predicted molar refractivity (Wildman–Crippen MR) is 78.1 cm³/mol. The van der Waals surface area contributed by atoms with Crippen molar-refractivity contribution in [3.8, 4) is 0 Å². The minimum Gasteiger partial charge on any atom is -0.460 e. The second-order valence-electron chi connectivity index (χ2n) is 5.55. The van der Waals surface area contributed by atoms with Crippen LogP contribution in [0.5, 0.6) is 0 Å². The van der Waals surface area contributed by atoms with Crippen LogP contribution in [-0.2, 0) is 6.54 Å². The molecule has 1 saturated heterocycles. The van der Waals surface area contributed by atoms with E-state index in [1.165, 1.54) is 31.3 Å². The average Bonchev–Trinajstić information content (AvgIpc) is 2.81. The molecule has 1 aliphatic rings. The van der Waals surface area contributed by atoms with E-state index in [1.807, 2.05) is 19.2 Å². The van der Waals surface area contributed by atoms with Crippen LogP contribution in [-0.4, -0.2) is 31.6 Å². The molecule has 0 radical (unpaired) electrons. The molecule has 3 nitrogen and oxygen atoms in total. The van der Waals surface area contributed by atoms with E-state index in [1.54, 1.807) is 0 Å². The fourth-order valence-electron chi connectivity index (χ4n) is 3.09. The van der Waals surface area contributed by atoms with E-state index >= 15 is 0 Å². The maximum Gasteiger partial charge on any atom is 0.134 e. The molecular formula is C16H22N2O. The molecule has 102 valence electrons. The number of furan rings is 1. The minimum atomic E-state index is 0.781. The second-order valence-corrected chi connectivity index (χ2v) is 5.55. The summed E-state index contributed by atoms with van der Waals surface area (Å²) in [5.74, 6) is 1.87. The number of nitrogens with zero attached hydrogens (tertiary/aromatic N) is 1. The Bertz CT molecular complexity index is 499. The van der Waals surface area contributed by atoms with Crippen molar-refractivity contribution < 1.29 is 4.42 Å². The molecule has 19 heavy (non-hydrogen) atoms. The summed E-state index contributed by atoms with van der Waals surface area (Å²) >= 11 is 0. The number of hydrogen-bond acceptors (Lipinski definition) is 3. The minimum absolute atomic E-state index is 0.781. The molecule has 0 saturated carbocycles. The van der Waals surface area contributed by atoms with Gasteiger partial charge in [-0.25, -0.2) is 0 Å². The summed E-state index contributed by atoms with van der Waals surface area (Å²) in [6.07, 6.45) is 2.64. The molecule has 1 aromatic carbocycles. The molecule has 1 fully saturated rings. The van der Waals surface area contributed by atoms with E-state index in [0.717, 1.165) is 30.4 Å². The van der Waals surface area contributed by atoms with E-state index < -0.39 is 0 Å². The summed E-state index contributed by atoms with van der Waals surface area (Å²) in [7, 11) is 2.04. The molecule has 0 bridgehead atoms. The Morgan fingerprint density at radius 1 is 1.37 bits per heavy atom. The van der Waals surface area contributed by atoms with Crippen LogP contribution in [0.1, 0.15) is 18.6 Å². The van der Waals surface area contributed by atoms with E-state index in [2.05, 4.69) is 28.4 Å². The first-order valence-electron chi connectivity index (χ1n) is 7.19. The number of piperidine rings is 1. The van der Waals surface area contributed by atoms with Gasteiger partial charge < -0.3 is 9.73 Å². The quantitative estimate of drug-likeness (QED) is 0.914. The molecule has 2 heterocycles. The van der Waals surface area contributed by atoms with Gasteiger partial charge in [-0.15, -0.1) is 0 Å². The average molecular weight is 258 g/mol. The van der Waals surface area contributed by atoms with Crippen LogP contribution in [0, 0.1) is 5.92 Å². The lowest BCUT2D eigenvalue weighted by atomic mass is 9.98. The zero-order valence-corrected chi connectivity index (χ0v) is 11.6. The molecule has 3 heteroatoms. The van der Waals surface area contributed by atoms with Crippen molar-refractivity contribution in [2.45, 2.75) is 19.4 Å². The fourth-order valence-corrected chi connectivity index (χ4v) is 3.09. The Labute approximate surface area is 114 Å². The molecule has 2 aromatic rings. The summed E-state index contributed by atoms with van der Waals surface area (Å²) < 4.78 is 5.91. The highest BCUT2D eigenvalue weighted by atomic mass is 16.3. The molecule has 0 spiro atoms. The van der Waals surface area contributed by atoms with Crippen LogP contribution < -0.4 is 5.32 Å². The molecular weight excluding hydrogens is 236 g/mol. The number of likely N-dealkylation sites (tertiary alicyclic amines) is 1. The van der Waals surface area contributed by atoms with E-state index in [0.29, 0.717) is 0 Å². The summed E-state index contributed by atoms with van der Waals surface area (Å²) in [6.45, 7) is 4.43. The third-order valence-corrected chi connectivity index (χ3v) is 3.95. The van der Waals surface area contributed by atoms with Gasteiger partial charge >= 0.3 is 0 Å². The highest BCUT2D eigenvalue weighted by molar-refractivity contribution is 5.77. The number of benzene rings is 1. The van der Waals surface area contributed by atoms with Gasteiger partial charge in [0.15, 0.2) is 0 Å². The molecule has 0 aliphatic carbocycles. The first-order valence-corrected chi connectivity index (χ1v) is 7.19. The van der Waals surface area contributed by atoms with Crippen molar-refractivity contribution in [1.29, 1.82) is 0 Å². The van der Waals surface area contributed by atoms with Crippen LogP contribution >= 0.6 is 0 Å². The topological polar surface area (TPSA) is 28.4 Å². The summed E-state index contributed by atoms with van der Waals surface area (Å²) in [5, 5.41) is 4.50. The molecule has 3 rings (SSSR count). The maximum absolute atomic E-state index is 5.91. The van der Waals surface area contributed by atoms with Crippen LogP contribution in [0.25, 0.3) is 11.0 Å². The summed E-state index contributed by atoms with van der Waals surface area (Å²) in [6, 6.07) is 10.4. The second kappa shape index (κ2) is 5.76. The maximum atomic E-state index is 5.91. The lowest BCUT2D eigenvalue weighted by Crippen LogP contribution is -2.38. The summed E-state index contributed by atoms with van der Waals surface area (Å²) in [5.41, 5.74) is 1.00. The zero-order valence-electron chi connectivity index (χ0n) is 11.6. The van der Waals surface area contributed by atoms with Crippen LogP contribution in [0.15, 0.2) is 34.7 Å². The third-order valence-electron chi connectivity index (χ3n) is 3.95. The van der Waals surface area contributed by atoms with Crippen LogP contribution in [0.3, 0.4) is 0 Å². The Morgan fingerprint density at radius 3 is 3.11 bits per heavy atom. The number of rotatable bonds is 4. The lowest BCUT2D eigenvalue weighted by Gasteiger charge is -2.31. The molecule has 1 atom stereocenters. The third kappa shape index (κ3) is 2.99. The number of nitrogens with one attached hydrogen (secondary N) is 1. The van der Waals surface area contributed by atoms with Crippen molar-refractivity contribution >= 4 is 11.0 Å². The van der Waals surface area contributed by atoms with Crippen molar-refractivity contribution in [3.05, 3.63) is 36.1 Å². The summed E-state index contributed by atoms with van der Waals surface area (Å²) in [4.78, 5) is 2.52. The van der Waals surface area contributed by atoms with Gasteiger partial charge in [-0.05, 0) is 51.0 Å². The SMILES string of the molecule is CNCC1CCCN(Cc2cc3ccccc3o2)C1. The highest BCUT2D eigenvalue weighted by Gasteiger charge is 2.20. The van der Waals surface area contributed by atoms with E-state index in [-0.39, 0.29) is 0 Å². The van der Waals surface area contributed by atoms with Crippen molar-refractivity contribution in [3.63, 3.8) is 0 Å². The molecule has 1 aliphatic heterocycles. The van der Waals surface area contributed by atoms with Gasteiger partial charge in [-0.3, -0.25) is 4.90 Å². The van der Waals surface area contributed by atoms with Gasteiger partial charge in [0.1, 0.15) is 11.3 Å². The Morgan fingerprint density at radius 2 is 2.26 bits per heavy atom. The molecule has 0 amide bonds. The normalized spacial score (nSPS) is 21.0. The predicted octanol–water partition coefficient (Wildman–Crippen LogP) is 2.86. The van der Waals surface area contributed by atoms with Crippen molar-refractivity contribution in [2.75, 3.05) is 26.7 Å². The Hall–Kier alpha value is -1.32. The van der Waals surface area contributed by atoms with Gasteiger partial charge in [-0.1, -0.05) is 18.2 Å². The Balaban J connectivity index is 1.67. The number of para-hydroxylation sites is 1. The number of fused-ring (bicyclic) bond motifs is 1. The highest BCUT2D eigenvalue weighted by Crippen LogP contribution is 2.22. The standard InChI is InChI=1S/C16H22N2O/c1-17-10-13-5-4-8-18(11-13)12-15-9-14-6-2-3-7-16(14)19-15/h2-3,6-7,9,13,17H,4-5,8,10-12H2,1H3. The largest absolute Gasteiger partial charge is 0.460 e. The zero-order chi connectivity index (χ0) is 13.1.